The summed E-state index contributed by atoms with van der Waals surface area (Å²) in [5.41, 5.74) is 3.40. The van der Waals surface area contributed by atoms with Gasteiger partial charge in [0.15, 0.2) is 0 Å². The second-order valence-electron chi connectivity index (χ2n) is 3.67. The number of aromatic nitrogens is 2. The Morgan fingerprint density at radius 3 is 2.56 bits per heavy atom. The summed E-state index contributed by atoms with van der Waals surface area (Å²) in [6.45, 7) is 2.57. The lowest BCUT2D eigenvalue weighted by molar-refractivity contribution is 0.141. The van der Waals surface area contributed by atoms with Crippen molar-refractivity contribution in [3.63, 3.8) is 0 Å². The van der Waals surface area contributed by atoms with Crippen molar-refractivity contribution in [2.24, 2.45) is 5.90 Å². The van der Waals surface area contributed by atoms with Crippen LogP contribution in [0.2, 0.25) is 0 Å². The van der Waals surface area contributed by atoms with Gasteiger partial charge < -0.3 is 4.84 Å². The van der Waals surface area contributed by atoms with Gasteiger partial charge in [0, 0.05) is 11.9 Å². The fraction of sp³-hybridized carbons (Fsp3) is 0.250. The molecule has 0 radical (unpaired) electrons. The minimum absolute atomic E-state index is 0.542. The van der Waals surface area contributed by atoms with Gasteiger partial charge in [-0.25, -0.2) is 10.6 Å². The molecule has 2 aromatic rings. The van der Waals surface area contributed by atoms with E-state index in [0.717, 1.165) is 17.8 Å². The lowest BCUT2D eigenvalue weighted by Crippen LogP contribution is -2.04. The molecule has 1 aromatic heterocycles. The van der Waals surface area contributed by atoms with Gasteiger partial charge in [-0.2, -0.15) is 5.10 Å². The first-order valence-corrected chi connectivity index (χ1v) is 5.23. The summed E-state index contributed by atoms with van der Waals surface area (Å²) in [6, 6.07) is 10.2. The Labute approximate surface area is 94.6 Å². The van der Waals surface area contributed by atoms with E-state index in [0.29, 0.717) is 6.61 Å². The molecule has 0 saturated heterocycles. The van der Waals surface area contributed by atoms with Crippen LogP contribution in [0.3, 0.4) is 0 Å². The molecule has 1 aromatic carbocycles. The first kappa shape index (κ1) is 10.9. The van der Waals surface area contributed by atoms with Crippen molar-refractivity contribution in [1.82, 2.24) is 9.78 Å². The Kier molecular flexibility index (Phi) is 3.34. The average molecular weight is 217 g/mol. The summed E-state index contributed by atoms with van der Waals surface area (Å²) < 4.78 is 1.91. The normalized spacial score (nSPS) is 10.6. The molecule has 4 heteroatoms. The van der Waals surface area contributed by atoms with E-state index < -0.39 is 0 Å². The maximum Gasteiger partial charge on any atom is 0.0719 e. The minimum atomic E-state index is 0.542. The summed E-state index contributed by atoms with van der Waals surface area (Å²) in [4.78, 5) is 4.55. The number of rotatable bonds is 4. The smallest absolute Gasteiger partial charge is 0.0719 e. The molecule has 0 amide bonds. The van der Waals surface area contributed by atoms with Gasteiger partial charge in [-0.15, -0.1) is 0 Å². The van der Waals surface area contributed by atoms with Gasteiger partial charge in [-0.05, 0) is 37.1 Å². The fourth-order valence-electron chi connectivity index (χ4n) is 1.62. The monoisotopic (exact) mass is 217 g/mol. The third-order valence-corrected chi connectivity index (χ3v) is 2.52. The quantitative estimate of drug-likeness (QED) is 0.792. The molecule has 2 N–H and O–H groups in total. The molecule has 0 bridgehead atoms. The molecule has 4 nitrogen and oxygen atoms in total. The molecule has 0 saturated carbocycles. The Balaban J connectivity index is 2.16. The Hall–Kier alpha value is -1.65. The minimum Gasteiger partial charge on any atom is -0.304 e. The predicted molar refractivity (Wildman–Crippen MR) is 62.1 cm³/mol. The molecule has 0 aliphatic rings. The zero-order chi connectivity index (χ0) is 11.4. The Bertz CT molecular complexity index is 448. The zero-order valence-electron chi connectivity index (χ0n) is 9.26. The van der Waals surface area contributed by atoms with Crippen molar-refractivity contribution < 1.29 is 4.84 Å². The number of nitrogens with two attached hydrogens (primary N) is 1. The molecule has 1 heterocycles. The predicted octanol–water partition coefficient (Wildman–Crippen LogP) is 1.61. The molecule has 0 aliphatic carbocycles. The van der Waals surface area contributed by atoms with Crippen LogP contribution in [0.25, 0.3) is 5.69 Å². The SMILES string of the molecule is Cc1ccnn1-c1ccc(CCON)cc1. The zero-order valence-corrected chi connectivity index (χ0v) is 9.26. The van der Waals surface area contributed by atoms with E-state index in [2.05, 4.69) is 22.1 Å². The van der Waals surface area contributed by atoms with E-state index in [-0.39, 0.29) is 0 Å². The number of aryl methyl sites for hydroxylation is 1. The van der Waals surface area contributed by atoms with Crippen LogP contribution in [0.4, 0.5) is 0 Å². The van der Waals surface area contributed by atoms with Crippen LogP contribution >= 0.6 is 0 Å². The van der Waals surface area contributed by atoms with E-state index in [1.54, 1.807) is 6.20 Å². The molecule has 0 unspecified atom stereocenters. The fourth-order valence-corrected chi connectivity index (χ4v) is 1.62. The van der Waals surface area contributed by atoms with E-state index in [1.165, 1.54) is 5.56 Å². The third kappa shape index (κ3) is 2.29. The molecule has 2 rings (SSSR count). The topological polar surface area (TPSA) is 53.1 Å². The van der Waals surface area contributed by atoms with Crippen molar-refractivity contribution in [2.75, 3.05) is 6.61 Å². The van der Waals surface area contributed by atoms with Gasteiger partial charge in [0.2, 0.25) is 0 Å². The number of hydrogen-bond acceptors (Lipinski definition) is 3. The molecule has 0 fully saturated rings. The molecule has 0 spiro atoms. The number of nitrogens with zero attached hydrogens (tertiary/aromatic N) is 2. The summed E-state index contributed by atoms with van der Waals surface area (Å²) in [5, 5.41) is 4.25. The highest BCUT2D eigenvalue weighted by molar-refractivity contribution is 5.35. The maximum absolute atomic E-state index is 4.99. The summed E-state index contributed by atoms with van der Waals surface area (Å²) >= 11 is 0. The highest BCUT2D eigenvalue weighted by Crippen LogP contribution is 2.11. The molecule has 16 heavy (non-hydrogen) atoms. The van der Waals surface area contributed by atoms with Crippen LogP contribution in [-0.4, -0.2) is 16.4 Å². The van der Waals surface area contributed by atoms with Crippen LogP contribution < -0.4 is 5.90 Å². The Morgan fingerprint density at radius 1 is 1.25 bits per heavy atom. The lowest BCUT2D eigenvalue weighted by atomic mass is 10.1. The molecular weight excluding hydrogens is 202 g/mol. The second kappa shape index (κ2) is 4.92. The first-order valence-electron chi connectivity index (χ1n) is 5.23. The highest BCUT2D eigenvalue weighted by atomic mass is 16.6. The van der Waals surface area contributed by atoms with Gasteiger partial charge >= 0.3 is 0 Å². The van der Waals surface area contributed by atoms with Crippen LogP contribution in [0.1, 0.15) is 11.3 Å². The molecular formula is C12H15N3O. The second-order valence-corrected chi connectivity index (χ2v) is 3.67. The van der Waals surface area contributed by atoms with E-state index in [1.807, 2.05) is 29.8 Å². The van der Waals surface area contributed by atoms with Crippen molar-refractivity contribution in [3.05, 3.63) is 47.8 Å². The van der Waals surface area contributed by atoms with Gasteiger partial charge in [0.25, 0.3) is 0 Å². The molecule has 84 valence electrons. The van der Waals surface area contributed by atoms with Gasteiger partial charge in [-0.1, -0.05) is 12.1 Å². The largest absolute Gasteiger partial charge is 0.304 e. The van der Waals surface area contributed by atoms with Gasteiger partial charge in [-0.3, -0.25) is 0 Å². The first-order chi connectivity index (χ1) is 7.81. The van der Waals surface area contributed by atoms with Crippen molar-refractivity contribution >= 4 is 0 Å². The third-order valence-electron chi connectivity index (χ3n) is 2.52. The van der Waals surface area contributed by atoms with E-state index in [4.69, 9.17) is 5.90 Å². The van der Waals surface area contributed by atoms with Crippen LogP contribution in [0, 0.1) is 6.92 Å². The molecule has 0 atom stereocenters. The number of hydrogen-bond donors (Lipinski definition) is 1. The van der Waals surface area contributed by atoms with Gasteiger partial charge in [0.1, 0.15) is 0 Å². The Morgan fingerprint density at radius 2 is 2.00 bits per heavy atom. The van der Waals surface area contributed by atoms with E-state index in [9.17, 15) is 0 Å². The van der Waals surface area contributed by atoms with Crippen molar-refractivity contribution in [3.8, 4) is 5.69 Å². The van der Waals surface area contributed by atoms with Crippen molar-refractivity contribution in [2.45, 2.75) is 13.3 Å². The lowest BCUT2D eigenvalue weighted by Gasteiger charge is -2.05. The molecule has 0 aliphatic heterocycles. The summed E-state index contributed by atoms with van der Waals surface area (Å²) in [5.74, 6) is 4.99. The highest BCUT2D eigenvalue weighted by Gasteiger charge is 2.00. The van der Waals surface area contributed by atoms with Crippen LogP contribution in [0.5, 0.6) is 0 Å². The standard InChI is InChI=1S/C12H15N3O/c1-10-6-8-14-15(10)12-4-2-11(3-5-12)7-9-16-13/h2-6,8H,7,9,13H2,1H3. The van der Waals surface area contributed by atoms with Crippen LogP contribution in [0.15, 0.2) is 36.5 Å². The van der Waals surface area contributed by atoms with Crippen LogP contribution in [-0.2, 0) is 11.3 Å². The van der Waals surface area contributed by atoms with Gasteiger partial charge in [0.05, 0.1) is 12.3 Å². The summed E-state index contributed by atoms with van der Waals surface area (Å²) in [6.07, 6.45) is 2.63. The number of benzene rings is 1. The summed E-state index contributed by atoms with van der Waals surface area (Å²) in [7, 11) is 0. The average Bonchev–Trinajstić information content (AvgIpc) is 2.74. The van der Waals surface area contributed by atoms with Crippen molar-refractivity contribution in [1.29, 1.82) is 0 Å². The van der Waals surface area contributed by atoms with E-state index >= 15 is 0 Å². The maximum atomic E-state index is 4.99.